The van der Waals surface area contributed by atoms with Gasteiger partial charge in [0.05, 0.1) is 13.2 Å². The van der Waals surface area contributed by atoms with Gasteiger partial charge in [0.25, 0.3) is 0 Å². The van der Waals surface area contributed by atoms with E-state index in [9.17, 15) is 23.4 Å². The molecule has 3 nitrogen and oxygen atoms in total. The molecule has 0 amide bonds. The summed E-state index contributed by atoms with van der Waals surface area (Å²) in [6, 6.07) is 9.19. The minimum absolute atomic E-state index is 0.158. The van der Waals surface area contributed by atoms with Gasteiger partial charge in [-0.25, -0.2) is 0 Å². The second-order valence-corrected chi connectivity index (χ2v) is 4.90. The lowest BCUT2D eigenvalue weighted by molar-refractivity contribution is -0.176. The van der Waals surface area contributed by atoms with E-state index in [0.717, 1.165) is 5.56 Å². The maximum atomic E-state index is 12.0. The number of hydrogen-bond acceptors (Lipinski definition) is 3. The lowest BCUT2D eigenvalue weighted by Gasteiger charge is -2.30. The first-order valence-electron chi connectivity index (χ1n) is 6.31. The number of aliphatic hydroxyl groups excluding tert-OH is 2. The van der Waals surface area contributed by atoms with Crippen LogP contribution in [0.1, 0.15) is 12.0 Å². The molecule has 1 rings (SSSR count). The van der Waals surface area contributed by atoms with E-state index in [2.05, 4.69) is 4.74 Å². The lowest BCUT2D eigenvalue weighted by Crippen LogP contribution is -2.34. The Kier molecular flexibility index (Phi) is 6.45. The Hall–Kier alpha value is -1.11. The van der Waals surface area contributed by atoms with Gasteiger partial charge in [0.15, 0.2) is 0 Å². The lowest BCUT2D eigenvalue weighted by atomic mass is 9.80. The number of benzene rings is 1. The fraction of sp³-hybridized carbons (Fsp3) is 0.571. The maximum Gasteiger partial charge on any atom is 0.411 e. The summed E-state index contributed by atoms with van der Waals surface area (Å²) in [5.41, 5.74) is 0.0406. The van der Waals surface area contributed by atoms with Crippen molar-refractivity contribution in [2.45, 2.75) is 19.0 Å². The average molecular weight is 292 g/mol. The highest BCUT2D eigenvalue weighted by atomic mass is 19.4. The largest absolute Gasteiger partial charge is 0.411 e. The van der Waals surface area contributed by atoms with Crippen molar-refractivity contribution in [2.75, 3.05) is 26.4 Å². The molecule has 2 N–H and O–H groups in total. The highest BCUT2D eigenvalue weighted by Crippen LogP contribution is 2.27. The van der Waals surface area contributed by atoms with Gasteiger partial charge in [-0.2, -0.15) is 13.2 Å². The number of hydrogen-bond donors (Lipinski definition) is 2. The monoisotopic (exact) mass is 292 g/mol. The third-order valence-corrected chi connectivity index (χ3v) is 3.14. The van der Waals surface area contributed by atoms with Gasteiger partial charge in [0.2, 0.25) is 0 Å². The van der Waals surface area contributed by atoms with Crippen LogP contribution in [0.3, 0.4) is 0 Å². The van der Waals surface area contributed by atoms with Gasteiger partial charge in [0, 0.05) is 12.0 Å². The quantitative estimate of drug-likeness (QED) is 0.722. The minimum Gasteiger partial charge on any atom is -0.396 e. The third kappa shape index (κ3) is 5.90. The Bertz CT molecular complexity index is 375. The predicted molar refractivity (Wildman–Crippen MR) is 68.2 cm³/mol. The van der Waals surface area contributed by atoms with E-state index in [-0.39, 0.29) is 26.2 Å². The van der Waals surface area contributed by atoms with Crippen molar-refractivity contribution in [3.05, 3.63) is 35.9 Å². The van der Waals surface area contributed by atoms with E-state index in [0.29, 0.717) is 6.42 Å². The second-order valence-electron chi connectivity index (χ2n) is 4.90. The fourth-order valence-corrected chi connectivity index (χ4v) is 1.91. The first-order chi connectivity index (χ1) is 9.41. The second kappa shape index (κ2) is 7.61. The number of halogens is 3. The van der Waals surface area contributed by atoms with Gasteiger partial charge in [-0.1, -0.05) is 30.3 Å². The highest BCUT2D eigenvalue weighted by Gasteiger charge is 2.31. The molecular weight excluding hydrogens is 273 g/mol. The van der Waals surface area contributed by atoms with Crippen molar-refractivity contribution in [1.82, 2.24) is 0 Å². The molecule has 1 aromatic rings. The predicted octanol–water partition coefficient (Wildman–Crippen LogP) is 2.17. The molecule has 0 radical (unpaired) electrons. The SMILES string of the molecule is OCC(CO)(CCOCC(F)(F)F)Cc1ccccc1. The molecule has 0 spiro atoms. The van der Waals surface area contributed by atoms with Crippen molar-refractivity contribution in [1.29, 1.82) is 0 Å². The van der Waals surface area contributed by atoms with Gasteiger partial charge < -0.3 is 14.9 Å². The first-order valence-corrected chi connectivity index (χ1v) is 6.31. The van der Waals surface area contributed by atoms with E-state index >= 15 is 0 Å². The fourth-order valence-electron chi connectivity index (χ4n) is 1.91. The maximum absolute atomic E-state index is 12.0. The topological polar surface area (TPSA) is 49.7 Å². The van der Waals surface area contributed by atoms with Crippen LogP contribution in [0.5, 0.6) is 0 Å². The zero-order chi connectivity index (χ0) is 15.1. The van der Waals surface area contributed by atoms with E-state index in [1.165, 1.54) is 0 Å². The van der Waals surface area contributed by atoms with E-state index < -0.39 is 18.2 Å². The molecule has 1 aromatic carbocycles. The normalized spacial score (nSPS) is 12.7. The Labute approximate surface area is 116 Å². The number of alkyl halides is 3. The molecule has 0 bridgehead atoms. The summed E-state index contributed by atoms with van der Waals surface area (Å²) in [6.45, 7) is -2.10. The van der Waals surface area contributed by atoms with E-state index in [4.69, 9.17) is 0 Å². The molecule has 6 heteroatoms. The van der Waals surface area contributed by atoms with Crippen molar-refractivity contribution < 1.29 is 28.1 Å². The van der Waals surface area contributed by atoms with E-state index in [1.54, 1.807) is 0 Å². The van der Waals surface area contributed by atoms with Crippen LogP contribution in [0, 0.1) is 5.41 Å². The smallest absolute Gasteiger partial charge is 0.396 e. The van der Waals surface area contributed by atoms with Crippen molar-refractivity contribution >= 4 is 0 Å². The molecular formula is C14H19F3O3. The van der Waals surface area contributed by atoms with Crippen LogP contribution in [0.25, 0.3) is 0 Å². The Morgan fingerprint density at radius 3 is 2.10 bits per heavy atom. The van der Waals surface area contributed by atoms with Crippen molar-refractivity contribution in [3.63, 3.8) is 0 Å². The summed E-state index contributed by atoms with van der Waals surface area (Å²) in [7, 11) is 0. The third-order valence-electron chi connectivity index (χ3n) is 3.14. The minimum atomic E-state index is -4.36. The molecule has 0 aliphatic heterocycles. The standard InChI is InChI=1S/C14H19F3O3/c15-14(16,17)11-20-7-6-13(9-18,10-19)8-12-4-2-1-3-5-12/h1-5,18-19H,6-11H2. The molecule has 0 aliphatic carbocycles. The Morgan fingerprint density at radius 1 is 1.00 bits per heavy atom. The molecule has 0 atom stereocenters. The summed E-state index contributed by atoms with van der Waals surface area (Å²) in [5.74, 6) is 0. The van der Waals surface area contributed by atoms with Crippen molar-refractivity contribution in [3.8, 4) is 0 Å². The van der Waals surface area contributed by atoms with Gasteiger partial charge >= 0.3 is 6.18 Å². The van der Waals surface area contributed by atoms with Crippen LogP contribution in [0.15, 0.2) is 30.3 Å². The molecule has 0 unspecified atom stereocenters. The van der Waals surface area contributed by atoms with Crippen LogP contribution < -0.4 is 0 Å². The molecule has 20 heavy (non-hydrogen) atoms. The van der Waals surface area contributed by atoms with Crippen LogP contribution >= 0.6 is 0 Å². The van der Waals surface area contributed by atoms with Crippen LogP contribution in [-0.4, -0.2) is 42.8 Å². The van der Waals surface area contributed by atoms with Crippen molar-refractivity contribution in [2.24, 2.45) is 5.41 Å². The van der Waals surface area contributed by atoms with Gasteiger partial charge in [-0.3, -0.25) is 0 Å². The van der Waals surface area contributed by atoms with Gasteiger partial charge in [-0.05, 0) is 18.4 Å². The summed E-state index contributed by atoms with van der Waals surface area (Å²) in [6.07, 6.45) is -3.82. The molecule has 0 aliphatic rings. The van der Waals surface area contributed by atoms with Gasteiger partial charge in [-0.15, -0.1) is 0 Å². The van der Waals surface area contributed by atoms with E-state index in [1.807, 2.05) is 30.3 Å². The zero-order valence-corrected chi connectivity index (χ0v) is 11.1. The number of rotatable bonds is 8. The molecule has 0 heterocycles. The van der Waals surface area contributed by atoms with Gasteiger partial charge in [0.1, 0.15) is 6.61 Å². The Balaban J connectivity index is 2.54. The molecule has 0 fully saturated rings. The zero-order valence-electron chi connectivity index (χ0n) is 11.1. The highest BCUT2D eigenvalue weighted by molar-refractivity contribution is 5.16. The molecule has 114 valence electrons. The molecule has 0 saturated carbocycles. The average Bonchev–Trinajstić information content (AvgIpc) is 2.42. The first kappa shape index (κ1) is 16.9. The molecule has 0 saturated heterocycles. The molecule has 0 aromatic heterocycles. The summed E-state index contributed by atoms with van der Waals surface area (Å²) in [5, 5.41) is 18.9. The number of aliphatic hydroxyl groups is 2. The summed E-state index contributed by atoms with van der Waals surface area (Å²) < 4.78 is 40.4. The summed E-state index contributed by atoms with van der Waals surface area (Å²) >= 11 is 0. The van der Waals surface area contributed by atoms with Crippen LogP contribution in [0.4, 0.5) is 13.2 Å². The number of ether oxygens (including phenoxy) is 1. The Morgan fingerprint density at radius 2 is 1.60 bits per heavy atom. The summed E-state index contributed by atoms with van der Waals surface area (Å²) in [4.78, 5) is 0. The van der Waals surface area contributed by atoms with Crippen LogP contribution in [-0.2, 0) is 11.2 Å². The van der Waals surface area contributed by atoms with Crippen LogP contribution in [0.2, 0.25) is 0 Å².